The number of ketones is 1. The van der Waals surface area contributed by atoms with Crippen LogP contribution in [0.3, 0.4) is 0 Å². The third-order valence-electron chi connectivity index (χ3n) is 3.64. The number of carbonyl (C=O) groups excluding carboxylic acids is 1. The number of Topliss-reactive ketones (excluding diaryl/α,β-unsaturated/α-hetero) is 1. The Hall–Kier alpha value is -2.05. The highest BCUT2D eigenvalue weighted by Gasteiger charge is 2.33. The van der Waals surface area contributed by atoms with Crippen LogP contribution < -0.4 is 5.32 Å². The predicted octanol–water partition coefficient (Wildman–Crippen LogP) is 3.18. The summed E-state index contributed by atoms with van der Waals surface area (Å²) in [5.41, 5.74) is -0.231. The van der Waals surface area contributed by atoms with Gasteiger partial charge in [0.2, 0.25) is 0 Å². The number of rotatable bonds is 2. The van der Waals surface area contributed by atoms with Crippen LogP contribution in [0, 0.1) is 0 Å². The lowest BCUT2D eigenvalue weighted by Gasteiger charge is -2.31. The molecule has 1 aliphatic carbocycles. The maximum absolute atomic E-state index is 12.5. The first-order chi connectivity index (χ1) is 9.77. The molecule has 2 N–H and O–H groups in total. The highest BCUT2D eigenvalue weighted by molar-refractivity contribution is 5.81. The summed E-state index contributed by atoms with van der Waals surface area (Å²) in [4.78, 5) is 22.3. The van der Waals surface area contributed by atoms with E-state index < -0.39 is 29.8 Å². The molecule has 1 amide bonds. The van der Waals surface area contributed by atoms with Crippen molar-refractivity contribution in [2.45, 2.75) is 37.4 Å². The first kappa shape index (κ1) is 15.3. The second-order valence-electron chi connectivity index (χ2n) is 5.06. The zero-order valence-electron chi connectivity index (χ0n) is 11.0. The van der Waals surface area contributed by atoms with E-state index in [-0.39, 0.29) is 18.6 Å². The molecule has 0 aromatic heterocycles. The first-order valence-corrected chi connectivity index (χ1v) is 6.45. The van der Waals surface area contributed by atoms with Crippen LogP contribution in [0.4, 0.5) is 18.0 Å². The monoisotopic (exact) mass is 301 g/mol. The van der Waals surface area contributed by atoms with Gasteiger partial charge in [-0.15, -0.1) is 0 Å². The van der Waals surface area contributed by atoms with Gasteiger partial charge in [0.05, 0.1) is 5.56 Å². The van der Waals surface area contributed by atoms with Gasteiger partial charge in [-0.3, -0.25) is 4.79 Å². The number of carbonyl (C=O) groups is 2. The van der Waals surface area contributed by atoms with Gasteiger partial charge in [0, 0.05) is 24.8 Å². The maximum Gasteiger partial charge on any atom is 0.416 e. The van der Waals surface area contributed by atoms with E-state index in [0.29, 0.717) is 12.0 Å². The van der Waals surface area contributed by atoms with Crippen molar-refractivity contribution in [2.24, 2.45) is 0 Å². The van der Waals surface area contributed by atoms with Crippen molar-refractivity contribution < 1.29 is 27.9 Å². The molecule has 0 bridgehead atoms. The molecule has 4 nitrogen and oxygen atoms in total. The highest BCUT2D eigenvalue weighted by atomic mass is 19.4. The zero-order valence-corrected chi connectivity index (χ0v) is 11.0. The molecule has 1 aliphatic rings. The van der Waals surface area contributed by atoms with Crippen molar-refractivity contribution in [1.82, 2.24) is 5.32 Å². The molecule has 1 saturated carbocycles. The lowest BCUT2D eigenvalue weighted by Crippen LogP contribution is -2.42. The summed E-state index contributed by atoms with van der Waals surface area (Å²) >= 11 is 0. The number of halogens is 3. The summed E-state index contributed by atoms with van der Waals surface area (Å²) in [7, 11) is 0. The van der Waals surface area contributed by atoms with E-state index in [0.717, 1.165) is 12.1 Å². The smallest absolute Gasteiger partial charge is 0.416 e. The molecule has 0 radical (unpaired) electrons. The van der Waals surface area contributed by atoms with Gasteiger partial charge in [0.1, 0.15) is 5.78 Å². The van der Waals surface area contributed by atoms with Gasteiger partial charge in [0.15, 0.2) is 0 Å². The van der Waals surface area contributed by atoms with Crippen LogP contribution >= 0.6 is 0 Å². The summed E-state index contributed by atoms with van der Waals surface area (Å²) < 4.78 is 37.6. The van der Waals surface area contributed by atoms with E-state index in [9.17, 15) is 22.8 Å². The maximum atomic E-state index is 12.5. The van der Waals surface area contributed by atoms with E-state index >= 15 is 0 Å². The fraction of sp³-hybridized carbons (Fsp3) is 0.429. The molecular weight excluding hydrogens is 287 g/mol. The molecule has 1 fully saturated rings. The molecule has 0 spiro atoms. The molecule has 0 saturated heterocycles. The molecule has 2 atom stereocenters. The average Bonchev–Trinajstić information content (AvgIpc) is 2.39. The Labute approximate surface area is 119 Å². The van der Waals surface area contributed by atoms with Crippen LogP contribution in [0.25, 0.3) is 0 Å². The molecular formula is C14H14F3NO3. The van der Waals surface area contributed by atoms with Gasteiger partial charge in [-0.05, 0) is 24.1 Å². The lowest BCUT2D eigenvalue weighted by molar-refractivity contribution is -0.137. The van der Waals surface area contributed by atoms with Gasteiger partial charge in [0.25, 0.3) is 0 Å². The predicted molar refractivity (Wildman–Crippen MR) is 68.0 cm³/mol. The lowest BCUT2D eigenvalue weighted by atomic mass is 9.79. The largest absolute Gasteiger partial charge is 0.465 e. The van der Waals surface area contributed by atoms with E-state index in [1.165, 1.54) is 12.1 Å². The molecule has 0 heterocycles. The Balaban J connectivity index is 2.23. The summed E-state index contributed by atoms with van der Waals surface area (Å²) in [5, 5.41) is 11.1. The van der Waals surface area contributed by atoms with Crippen LogP contribution in [0.1, 0.15) is 36.3 Å². The third kappa shape index (κ3) is 3.74. The van der Waals surface area contributed by atoms with Gasteiger partial charge < -0.3 is 10.4 Å². The molecule has 7 heteroatoms. The van der Waals surface area contributed by atoms with Crippen LogP contribution in [-0.4, -0.2) is 23.0 Å². The topological polar surface area (TPSA) is 66.4 Å². The Morgan fingerprint density at radius 1 is 1.24 bits per heavy atom. The highest BCUT2D eigenvalue weighted by Crippen LogP contribution is 2.34. The van der Waals surface area contributed by atoms with Gasteiger partial charge >= 0.3 is 12.3 Å². The van der Waals surface area contributed by atoms with Crippen LogP contribution in [0.15, 0.2) is 24.3 Å². The van der Waals surface area contributed by atoms with E-state index in [4.69, 9.17) is 5.11 Å². The van der Waals surface area contributed by atoms with E-state index in [1.54, 1.807) is 0 Å². The molecule has 0 aliphatic heterocycles. The second kappa shape index (κ2) is 5.75. The molecule has 2 rings (SSSR count). The number of benzene rings is 1. The summed E-state index contributed by atoms with van der Waals surface area (Å²) in [6.07, 6.45) is -4.85. The molecule has 0 unspecified atom stereocenters. The van der Waals surface area contributed by atoms with E-state index in [1.807, 2.05) is 0 Å². The van der Waals surface area contributed by atoms with Crippen molar-refractivity contribution in [1.29, 1.82) is 0 Å². The van der Waals surface area contributed by atoms with Crippen LogP contribution in [0.2, 0.25) is 0 Å². The standard InChI is InChI=1S/C14H14F3NO3/c15-14(16,17)9-3-1-8(2-4-9)11-7-10(19)5-6-12(11)18-13(20)21/h1-4,11-12,18H,5-7H2,(H,20,21)/t11-,12+/m0/s1. The van der Waals surface area contributed by atoms with Crippen LogP contribution in [0.5, 0.6) is 0 Å². The third-order valence-corrected chi connectivity index (χ3v) is 3.64. The summed E-state index contributed by atoms with van der Waals surface area (Å²) in [6.45, 7) is 0. The fourth-order valence-corrected chi connectivity index (χ4v) is 2.61. The van der Waals surface area contributed by atoms with Crippen molar-refractivity contribution >= 4 is 11.9 Å². The number of carboxylic acid groups (broad SMARTS) is 1. The SMILES string of the molecule is O=C1CC[C@@H](NC(=O)O)[C@H](c2ccc(C(F)(F)F)cc2)C1. The Morgan fingerprint density at radius 3 is 2.38 bits per heavy atom. The number of hydrogen-bond donors (Lipinski definition) is 2. The quantitative estimate of drug-likeness (QED) is 0.881. The second-order valence-corrected chi connectivity index (χ2v) is 5.06. The van der Waals surface area contributed by atoms with Gasteiger partial charge in [-0.2, -0.15) is 13.2 Å². The van der Waals surface area contributed by atoms with Gasteiger partial charge in [-0.1, -0.05) is 12.1 Å². The summed E-state index contributed by atoms with van der Waals surface area (Å²) in [6, 6.07) is 4.06. The first-order valence-electron chi connectivity index (χ1n) is 6.45. The summed E-state index contributed by atoms with van der Waals surface area (Å²) in [5.74, 6) is -0.437. The minimum atomic E-state index is -4.42. The Morgan fingerprint density at radius 2 is 1.86 bits per heavy atom. The minimum absolute atomic E-state index is 0.0108. The average molecular weight is 301 g/mol. The van der Waals surface area contributed by atoms with Crippen molar-refractivity contribution in [3.8, 4) is 0 Å². The molecule has 1 aromatic carbocycles. The number of nitrogens with one attached hydrogen (secondary N) is 1. The number of amides is 1. The minimum Gasteiger partial charge on any atom is -0.465 e. The number of hydrogen-bond acceptors (Lipinski definition) is 2. The number of alkyl halides is 3. The Bertz CT molecular complexity index is 539. The normalized spacial score (nSPS) is 22.9. The molecule has 21 heavy (non-hydrogen) atoms. The van der Waals surface area contributed by atoms with Crippen LogP contribution in [-0.2, 0) is 11.0 Å². The molecule has 1 aromatic rings. The van der Waals surface area contributed by atoms with Gasteiger partial charge in [-0.25, -0.2) is 4.79 Å². The van der Waals surface area contributed by atoms with Crippen molar-refractivity contribution in [3.63, 3.8) is 0 Å². The zero-order chi connectivity index (χ0) is 15.6. The van der Waals surface area contributed by atoms with Crippen molar-refractivity contribution in [2.75, 3.05) is 0 Å². The Kier molecular flexibility index (Phi) is 4.20. The van der Waals surface area contributed by atoms with Crippen molar-refractivity contribution in [3.05, 3.63) is 35.4 Å². The van der Waals surface area contributed by atoms with E-state index in [2.05, 4.69) is 5.32 Å². The molecule has 114 valence electrons. The fourth-order valence-electron chi connectivity index (χ4n) is 2.61.